The lowest BCUT2D eigenvalue weighted by atomic mass is 10.00. The molecule has 0 saturated heterocycles. The Morgan fingerprint density at radius 1 is 1.00 bits per heavy atom. The highest BCUT2D eigenvalue weighted by Gasteiger charge is 2.34. The van der Waals surface area contributed by atoms with Crippen LogP contribution in [0.25, 0.3) is 0 Å². The second-order valence-corrected chi connectivity index (χ2v) is 7.21. The molecule has 88 valence electrons. The molecule has 1 aromatic carbocycles. The highest BCUT2D eigenvalue weighted by Crippen LogP contribution is 2.37. The van der Waals surface area contributed by atoms with Crippen molar-refractivity contribution in [1.82, 2.24) is 0 Å². The van der Waals surface area contributed by atoms with E-state index in [-0.39, 0.29) is 25.2 Å². The summed E-state index contributed by atoms with van der Waals surface area (Å²) in [5.74, 6) is 0. The van der Waals surface area contributed by atoms with E-state index >= 15 is 0 Å². The fourth-order valence-corrected chi connectivity index (χ4v) is 4.44. The minimum absolute atomic E-state index is 0.0910. The highest BCUT2D eigenvalue weighted by molar-refractivity contribution is 7.92. The fraction of sp³-hybridized carbons (Fsp3) is 0.400. The van der Waals surface area contributed by atoms with Crippen LogP contribution in [0.15, 0.2) is 17.0 Å². The molecular weight excluding hydrogens is 291 g/mol. The Morgan fingerprint density at radius 3 is 2.06 bits per heavy atom. The third-order valence-electron chi connectivity index (χ3n) is 2.77. The highest BCUT2D eigenvalue weighted by atomic mass is 35.5. The molecule has 1 aliphatic rings. The van der Waals surface area contributed by atoms with Gasteiger partial charge in [0.2, 0.25) is 0 Å². The Balaban J connectivity index is 2.51. The molecule has 0 N–H and O–H groups in total. The summed E-state index contributed by atoms with van der Waals surface area (Å²) in [6.07, 6.45) is 2.33. The van der Waals surface area contributed by atoms with Gasteiger partial charge in [-0.25, -0.2) is 8.42 Å². The van der Waals surface area contributed by atoms with E-state index in [0.717, 1.165) is 6.42 Å². The maximum absolute atomic E-state index is 12.1. The van der Waals surface area contributed by atoms with Crippen molar-refractivity contribution in [2.24, 2.45) is 0 Å². The van der Waals surface area contributed by atoms with Crippen LogP contribution in [-0.4, -0.2) is 13.7 Å². The van der Waals surface area contributed by atoms with Crippen LogP contribution >= 0.6 is 34.8 Å². The van der Waals surface area contributed by atoms with Crippen LogP contribution in [0.1, 0.15) is 19.3 Å². The Morgan fingerprint density at radius 2 is 1.56 bits per heavy atom. The number of rotatable bonds is 2. The minimum Gasteiger partial charge on any atom is -0.223 e. The van der Waals surface area contributed by atoms with Gasteiger partial charge in [0.1, 0.15) is 0 Å². The van der Waals surface area contributed by atoms with E-state index in [2.05, 4.69) is 0 Å². The molecule has 0 radical (unpaired) electrons. The first kappa shape index (κ1) is 12.5. The zero-order valence-electron chi connectivity index (χ0n) is 8.21. The molecule has 6 heteroatoms. The smallest absolute Gasteiger partial charge is 0.182 e. The van der Waals surface area contributed by atoms with Crippen molar-refractivity contribution < 1.29 is 8.42 Å². The monoisotopic (exact) mass is 298 g/mol. The summed E-state index contributed by atoms with van der Waals surface area (Å²) in [7, 11) is -3.35. The van der Waals surface area contributed by atoms with Crippen molar-refractivity contribution in [2.75, 3.05) is 0 Å². The van der Waals surface area contributed by atoms with Gasteiger partial charge in [0.25, 0.3) is 0 Å². The van der Waals surface area contributed by atoms with Crippen LogP contribution in [0.5, 0.6) is 0 Å². The maximum atomic E-state index is 12.1. The Kier molecular flexibility index (Phi) is 3.41. The second kappa shape index (κ2) is 4.37. The lowest BCUT2D eigenvalue weighted by molar-refractivity contribution is 0.477. The van der Waals surface area contributed by atoms with Gasteiger partial charge in [0, 0.05) is 0 Å². The molecule has 1 aromatic rings. The average molecular weight is 300 g/mol. The van der Waals surface area contributed by atoms with E-state index < -0.39 is 9.84 Å². The van der Waals surface area contributed by atoms with Gasteiger partial charge in [-0.05, 0) is 25.0 Å². The molecule has 0 aliphatic heterocycles. The van der Waals surface area contributed by atoms with E-state index in [4.69, 9.17) is 34.8 Å². The third kappa shape index (κ3) is 2.06. The first-order chi connectivity index (χ1) is 7.43. The third-order valence-corrected chi connectivity index (χ3v) is 6.22. The van der Waals surface area contributed by atoms with Crippen LogP contribution in [0.4, 0.5) is 0 Å². The SMILES string of the molecule is O=S(=O)(c1cc(Cl)c(Cl)cc1Cl)C1CCC1. The normalized spacial score (nSPS) is 17.2. The molecule has 0 amide bonds. The van der Waals surface area contributed by atoms with Gasteiger partial charge in [-0.2, -0.15) is 0 Å². The molecule has 1 saturated carbocycles. The summed E-state index contributed by atoms with van der Waals surface area (Å²) < 4.78 is 24.2. The minimum atomic E-state index is -3.35. The van der Waals surface area contributed by atoms with Gasteiger partial charge in [-0.3, -0.25) is 0 Å². The molecule has 2 rings (SSSR count). The molecule has 0 unspecified atom stereocenters. The standard InChI is InChI=1S/C10H9Cl3O2S/c11-7-4-9(13)10(5-8(7)12)16(14,15)6-2-1-3-6/h4-6H,1-3H2. The molecule has 1 aliphatic carbocycles. The summed E-state index contributed by atoms with van der Waals surface area (Å²) in [6, 6.07) is 2.71. The van der Waals surface area contributed by atoms with Crippen LogP contribution in [0.2, 0.25) is 15.1 Å². The number of hydrogen-bond donors (Lipinski definition) is 0. The number of halogens is 3. The predicted octanol–water partition coefficient (Wildman–Crippen LogP) is 3.97. The van der Waals surface area contributed by atoms with Crippen molar-refractivity contribution in [3.8, 4) is 0 Å². The second-order valence-electron chi connectivity index (χ2n) is 3.79. The van der Waals surface area contributed by atoms with Gasteiger partial charge in [0.05, 0.1) is 25.2 Å². The molecule has 0 heterocycles. The van der Waals surface area contributed by atoms with Gasteiger partial charge < -0.3 is 0 Å². The predicted molar refractivity (Wildman–Crippen MR) is 66.3 cm³/mol. The molecule has 2 nitrogen and oxygen atoms in total. The molecule has 0 aromatic heterocycles. The largest absolute Gasteiger partial charge is 0.223 e. The van der Waals surface area contributed by atoms with E-state index in [1.807, 2.05) is 0 Å². The summed E-state index contributed by atoms with van der Waals surface area (Å²) in [4.78, 5) is 0.0910. The Bertz CT molecular complexity index is 521. The van der Waals surface area contributed by atoms with Crippen LogP contribution in [-0.2, 0) is 9.84 Å². The van der Waals surface area contributed by atoms with E-state index in [1.54, 1.807) is 0 Å². The van der Waals surface area contributed by atoms with Crippen LogP contribution in [0.3, 0.4) is 0 Å². The molecule has 16 heavy (non-hydrogen) atoms. The van der Waals surface area contributed by atoms with Crippen molar-refractivity contribution >= 4 is 44.6 Å². The van der Waals surface area contributed by atoms with Crippen LogP contribution < -0.4 is 0 Å². The lowest BCUT2D eigenvalue weighted by Gasteiger charge is -2.25. The molecule has 0 atom stereocenters. The van der Waals surface area contributed by atoms with Crippen molar-refractivity contribution in [3.05, 3.63) is 27.2 Å². The Labute approximate surface area is 109 Å². The van der Waals surface area contributed by atoms with Gasteiger partial charge in [-0.15, -0.1) is 0 Å². The Hall–Kier alpha value is 0.0400. The average Bonchev–Trinajstić information content (AvgIpc) is 2.07. The van der Waals surface area contributed by atoms with Crippen molar-refractivity contribution in [3.63, 3.8) is 0 Å². The number of benzene rings is 1. The zero-order valence-corrected chi connectivity index (χ0v) is 11.3. The van der Waals surface area contributed by atoms with Gasteiger partial charge in [-0.1, -0.05) is 41.2 Å². The first-order valence-electron chi connectivity index (χ1n) is 4.81. The number of hydrogen-bond acceptors (Lipinski definition) is 2. The van der Waals surface area contributed by atoms with Crippen molar-refractivity contribution in [2.45, 2.75) is 29.4 Å². The quantitative estimate of drug-likeness (QED) is 0.774. The van der Waals surface area contributed by atoms with Gasteiger partial charge in [0.15, 0.2) is 9.84 Å². The maximum Gasteiger partial charge on any atom is 0.182 e. The van der Waals surface area contributed by atoms with E-state index in [9.17, 15) is 8.42 Å². The summed E-state index contributed by atoms with van der Waals surface area (Å²) >= 11 is 17.4. The first-order valence-corrected chi connectivity index (χ1v) is 7.49. The fourth-order valence-electron chi connectivity index (χ4n) is 1.58. The van der Waals surface area contributed by atoms with Gasteiger partial charge >= 0.3 is 0 Å². The summed E-state index contributed by atoms with van der Waals surface area (Å²) in [5, 5.41) is 0.298. The zero-order chi connectivity index (χ0) is 11.9. The topological polar surface area (TPSA) is 34.1 Å². The molecule has 0 bridgehead atoms. The molecule has 1 fully saturated rings. The van der Waals surface area contributed by atoms with Crippen molar-refractivity contribution in [1.29, 1.82) is 0 Å². The molecule has 0 spiro atoms. The van der Waals surface area contributed by atoms with E-state index in [1.165, 1.54) is 12.1 Å². The number of sulfone groups is 1. The summed E-state index contributed by atoms with van der Waals surface area (Å²) in [6.45, 7) is 0. The van der Waals surface area contributed by atoms with Crippen LogP contribution in [0, 0.1) is 0 Å². The summed E-state index contributed by atoms with van der Waals surface area (Å²) in [5.41, 5.74) is 0. The van der Waals surface area contributed by atoms with E-state index in [0.29, 0.717) is 12.8 Å². The molecular formula is C10H9Cl3O2S. The lowest BCUT2D eigenvalue weighted by Crippen LogP contribution is -2.28.